The molecule has 4 bridgehead atoms. The fraction of sp³-hybridized carbons (Fsp3) is 0.938. The van der Waals surface area contributed by atoms with Gasteiger partial charge in [0.25, 0.3) is 0 Å². The van der Waals surface area contributed by atoms with Crippen LogP contribution in [0.3, 0.4) is 0 Å². The Labute approximate surface area is 110 Å². The van der Waals surface area contributed by atoms with Crippen molar-refractivity contribution in [3.8, 4) is 0 Å². The first kappa shape index (κ1) is 11.3. The van der Waals surface area contributed by atoms with Crippen molar-refractivity contribution in [3.63, 3.8) is 0 Å². The van der Waals surface area contributed by atoms with Crippen LogP contribution >= 0.6 is 0 Å². The van der Waals surface area contributed by atoms with Gasteiger partial charge < -0.3 is 5.73 Å². The third kappa shape index (κ3) is 1.80. The zero-order valence-corrected chi connectivity index (χ0v) is 11.4. The molecule has 5 fully saturated rings. The molecule has 2 heteroatoms. The van der Waals surface area contributed by atoms with Gasteiger partial charge in [0, 0.05) is 5.92 Å². The SMILES string of the molecule is NC(=NC12CC3CC(CC(C3)C1)C2)C1CCCC1. The van der Waals surface area contributed by atoms with E-state index < -0.39 is 0 Å². The van der Waals surface area contributed by atoms with E-state index in [0.717, 1.165) is 23.6 Å². The molecule has 2 N–H and O–H groups in total. The Morgan fingerprint density at radius 1 is 0.889 bits per heavy atom. The zero-order valence-electron chi connectivity index (χ0n) is 11.4. The third-order valence-corrected chi connectivity index (χ3v) is 6.15. The van der Waals surface area contributed by atoms with Crippen molar-refractivity contribution in [2.24, 2.45) is 34.4 Å². The molecule has 0 unspecified atom stereocenters. The Balaban J connectivity index is 1.58. The lowest BCUT2D eigenvalue weighted by atomic mass is 9.53. The number of hydrogen-bond acceptors (Lipinski definition) is 1. The minimum atomic E-state index is 0.293. The van der Waals surface area contributed by atoms with Gasteiger partial charge in [0.2, 0.25) is 0 Å². The summed E-state index contributed by atoms with van der Waals surface area (Å²) >= 11 is 0. The van der Waals surface area contributed by atoms with Gasteiger partial charge in [0.15, 0.2) is 0 Å². The summed E-state index contributed by atoms with van der Waals surface area (Å²) in [6.07, 6.45) is 13.9. The molecule has 5 aliphatic rings. The number of amidine groups is 1. The standard InChI is InChI=1S/C16H26N2/c17-15(14-3-1-2-4-14)18-16-8-11-5-12(9-16)7-13(6-11)10-16/h11-14H,1-10H2,(H2,17,18). The highest BCUT2D eigenvalue weighted by molar-refractivity contribution is 5.83. The first-order valence-corrected chi connectivity index (χ1v) is 8.08. The average Bonchev–Trinajstić information content (AvgIpc) is 2.79. The van der Waals surface area contributed by atoms with Crippen molar-refractivity contribution in [3.05, 3.63) is 0 Å². The highest BCUT2D eigenvalue weighted by atomic mass is 15.0. The maximum atomic E-state index is 6.35. The molecule has 5 rings (SSSR count). The van der Waals surface area contributed by atoms with Crippen LogP contribution in [0.1, 0.15) is 64.2 Å². The van der Waals surface area contributed by atoms with Crippen LogP contribution in [0.15, 0.2) is 4.99 Å². The van der Waals surface area contributed by atoms with E-state index in [4.69, 9.17) is 10.7 Å². The van der Waals surface area contributed by atoms with Gasteiger partial charge in [-0.1, -0.05) is 12.8 Å². The van der Waals surface area contributed by atoms with Crippen molar-refractivity contribution in [1.82, 2.24) is 0 Å². The van der Waals surface area contributed by atoms with Gasteiger partial charge in [-0.3, -0.25) is 4.99 Å². The van der Waals surface area contributed by atoms with Crippen LogP contribution in [0.5, 0.6) is 0 Å². The molecule has 5 saturated carbocycles. The van der Waals surface area contributed by atoms with E-state index in [1.54, 1.807) is 0 Å². The maximum Gasteiger partial charge on any atom is 0.0975 e. The smallest absolute Gasteiger partial charge is 0.0975 e. The highest BCUT2D eigenvalue weighted by Gasteiger charge is 2.51. The van der Waals surface area contributed by atoms with Gasteiger partial charge in [-0.25, -0.2) is 0 Å². The molecular formula is C16H26N2. The molecule has 0 saturated heterocycles. The second-order valence-electron chi connectivity index (χ2n) is 7.66. The summed E-state index contributed by atoms with van der Waals surface area (Å²) in [6, 6.07) is 0. The summed E-state index contributed by atoms with van der Waals surface area (Å²) in [5.74, 6) is 4.59. The quantitative estimate of drug-likeness (QED) is 0.588. The van der Waals surface area contributed by atoms with E-state index in [-0.39, 0.29) is 0 Å². The maximum absolute atomic E-state index is 6.35. The van der Waals surface area contributed by atoms with Crippen molar-refractivity contribution in [1.29, 1.82) is 0 Å². The van der Waals surface area contributed by atoms with Gasteiger partial charge in [-0.15, -0.1) is 0 Å². The monoisotopic (exact) mass is 246 g/mol. The second-order valence-corrected chi connectivity index (χ2v) is 7.66. The highest BCUT2D eigenvalue weighted by Crippen LogP contribution is 2.57. The molecule has 18 heavy (non-hydrogen) atoms. The normalized spacial score (nSPS) is 48.0. The molecule has 0 amide bonds. The molecule has 0 aliphatic heterocycles. The molecule has 5 aliphatic carbocycles. The Hall–Kier alpha value is -0.530. The Morgan fingerprint density at radius 3 is 1.89 bits per heavy atom. The van der Waals surface area contributed by atoms with Gasteiger partial charge in [0.05, 0.1) is 11.4 Å². The Kier molecular flexibility index (Phi) is 2.50. The number of nitrogens with zero attached hydrogens (tertiary/aromatic N) is 1. The summed E-state index contributed by atoms with van der Waals surface area (Å²) in [4.78, 5) is 5.14. The largest absolute Gasteiger partial charge is 0.387 e. The zero-order chi connectivity index (χ0) is 12.2. The molecule has 0 radical (unpaired) electrons. The van der Waals surface area contributed by atoms with Crippen LogP contribution in [0, 0.1) is 23.7 Å². The van der Waals surface area contributed by atoms with Crippen LogP contribution in [0.25, 0.3) is 0 Å². The summed E-state index contributed by atoms with van der Waals surface area (Å²) in [7, 11) is 0. The predicted molar refractivity (Wildman–Crippen MR) is 74.5 cm³/mol. The van der Waals surface area contributed by atoms with Crippen LogP contribution < -0.4 is 5.73 Å². The lowest BCUT2D eigenvalue weighted by Gasteiger charge is -2.55. The lowest BCUT2D eigenvalue weighted by molar-refractivity contribution is 0.00140. The Bertz CT molecular complexity index is 330. The molecule has 0 aromatic carbocycles. The number of hydrogen-bond donors (Lipinski definition) is 1. The van der Waals surface area contributed by atoms with E-state index >= 15 is 0 Å². The summed E-state index contributed by atoms with van der Waals surface area (Å²) in [5.41, 5.74) is 6.64. The third-order valence-electron chi connectivity index (χ3n) is 6.15. The van der Waals surface area contributed by atoms with E-state index in [0.29, 0.717) is 11.5 Å². The van der Waals surface area contributed by atoms with Crippen molar-refractivity contribution >= 4 is 5.84 Å². The van der Waals surface area contributed by atoms with E-state index in [1.807, 2.05) is 0 Å². The van der Waals surface area contributed by atoms with Crippen LogP contribution in [-0.2, 0) is 0 Å². The molecule has 0 atom stereocenters. The van der Waals surface area contributed by atoms with E-state index in [2.05, 4.69) is 0 Å². The molecule has 100 valence electrons. The molecule has 0 aromatic rings. The minimum absolute atomic E-state index is 0.293. The first-order valence-electron chi connectivity index (χ1n) is 8.08. The van der Waals surface area contributed by atoms with Crippen LogP contribution in [0.4, 0.5) is 0 Å². The fourth-order valence-corrected chi connectivity index (χ4v) is 5.79. The Morgan fingerprint density at radius 2 is 1.39 bits per heavy atom. The van der Waals surface area contributed by atoms with Gasteiger partial charge in [-0.05, 0) is 69.1 Å². The summed E-state index contributed by atoms with van der Waals surface area (Å²) in [5, 5.41) is 0. The van der Waals surface area contributed by atoms with Gasteiger partial charge in [0.1, 0.15) is 0 Å². The van der Waals surface area contributed by atoms with Crippen LogP contribution in [0.2, 0.25) is 0 Å². The molecular weight excluding hydrogens is 220 g/mol. The second kappa shape index (κ2) is 3.98. The summed E-state index contributed by atoms with van der Waals surface area (Å²) < 4.78 is 0. The number of nitrogens with two attached hydrogens (primary N) is 1. The minimum Gasteiger partial charge on any atom is -0.387 e. The van der Waals surface area contributed by atoms with Crippen molar-refractivity contribution in [2.45, 2.75) is 69.7 Å². The van der Waals surface area contributed by atoms with E-state index in [1.165, 1.54) is 64.2 Å². The van der Waals surface area contributed by atoms with Crippen LogP contribution in [-0.4, -0.2) is 11.4 Å². The number of rotatable bonds is 2. The first-order chi connectivity index (χ1) is 8.72. The van der Waals surface area contributed by atoms with Crippen molar-refractivity contribution < 1.29 is 0 Å². The molecule has 0 spiro atoms. The fourth-order valence-electron chi connectivity index (χ4n) is 5.79. The van der Waals surface area contributed by atoms with Gasteiger partial charge >= 0.3 is 0 Å². The van der Waals surface area contributed by atoms with E-state index in [9.17, 15) is 0 Å². The predicted octanol–water partition coefficient (Wildman–Crippen LogP) is 3.50. The molecule has 0 aromatic heterocycles. The summed E-state index contributed by atoms with van der Waals surface area (Å²) in [6.45, 7) is 0. The number of aliphatic imine (C=N–C) groups is 1. The molecule has 0 heterocycles. The topological polar surface area (TPSA) is 38.4 Å². The van der Waals surface area contributed by atoms with Gasteiger partial charge in [-0.2, -0.15) is 0 Å². The average molecular weight is 246 g/mol. The van der Waals surface area contributed by atoms with Crippen molar-refractivity contribution in [2.75, 3.05) is 0 Å². The lowest BCUT2D eigenvalue weighted by Crippen LogP contribution is -2.50. The molecule has 2 nitrogen and oxygen atoms in total.